The summed E-state index contributed by atoms with van der Waals surface area (Å²) in [6.45, 7) is 6.93. The maximum atomic E-state index is 13.1. The van der Waals surface area contributed by atoms with Crippen molar-refractivity contribution in [3.05, 3.63) is 35.6 Å². The first-order valence-electron chi connectivity index (χ1n) is 10.5. The van der Waals surface area contributed by atoms with Crippen molar-refractivity contribution in [2.24, 2.45) is 29.1 Å². The molecule has 0 bridgehead atoms. The molecule has 6 nitrogen and oxygen atoms in total. The molecule has 0 radical (unpaired) electrons. The van der Waals surface area contributed by atoms with Crippen molar-refractivity contribution in [2.75, 3.05) is 6.61 Å². The summed E-state index contributed by atoms with van der Waals surface area (Å²) in [6, 6.07) is 0. The fourth-order valence-corrected chi connectivity index (χ4v) is 5.43. The van der Waals surface area contributed by atoms with Crippen LogP contribution in [0.25, 0.3) is 0 Å². The molecular formula is C23H33NO5. The number of nitrogens with one attached hydrogen (secondary N) is 1. The highest BCUT2D eigenvalue weighted by Gasteiger charge is 2.56. The number of carbonyl (C=O) groups excluding carboxylic acids is 2. The number of aliphatic hydroxyl groups is 3. The fourth-order valence-electron chi connectivity index (χ4n) is 5.43. The van der Waals surface area contributed by atoms with E-state index in [2.05, 4.69) is 11.4 Å². The number of fused-ring (bicyclic) bond motifs is 1. The molecule has 2 fully saturated rings. The molecular weight excluding hydrogens is 370 g/mol. The number of hydrogen-bond acceptors (Lipinski definition) is 5. The molecule has 0 aromatic heterocycles. The molecule has 29 heavy (non-hydrogen) atoms. The van der Waals surface area contributed by atoms with E-state index in [-0.39, 0.29) is 41.6 Å². The van der Waals surface area contributed by atoms with Gasteiger partial charge in [0.05, 0.1) is 6.10 Å². The maximum Gasteiger partial charge on any atom is 0.259 e. The van der Waals surface area contributed by atoms with Gasteiger partial charge < -0.3 is 20.6 Å². The SMILES string of the molecule is CC=C[C@@H]1C=C[C@@H]2C[C@H](CO)CC[C@H]2[C@]1(C)C(O)=C1C(=O)N[C@@](C)([C@@H](C)O)C1=O. The smallest absolute Gasteiger partial charge is 0.259 e. The number of aliphatic hydroxyl groups excluding tert-OH is 3. The van der Waals surface area contributed by atoms with Crippen LogP contribution in [0.15, 0.2) is 35.6 Å². The van der Waals surface area contributed by atoms with E-state index in [9.17, 15) is 24.9 Å². The molecule has 2 aliphatic carbocycles. The average Bonchev–Trinajstić information content (AvgIpc) is 2.92. The lowest BCUT2D eigenvalue weighted by Crippen LogP contribution is -2.52. The second-order valence-corrected chi connectivity index (χ2v) is 9.24. The summed E-state index contributed by atoms with van der Waals surface area (Å²) < 4.78 is 0. The van der Waals surface area contributed by atoms with Gasteiger partial charge in [-0.1, -0.05) is 31.2 Å². The second kappa shape index (κ2) is 7.73. The molecule has 4 N–H and O–H groups in total. The van der Waals surface area contributed by atoms with Gasteiger partial charge in [0, 0.05) is 17.9 Å². The molecule has 1 saturated heterocycles. The van der Waals surface area contributed by atoms with Crippen LogP contribution >= 0.6 is 0 Å². The molecule has 3 aliphatic rings. The Bertz CT molecular complexity index is 782. The highest BCUT2D eigenvalue weighted by molar-refractivity contribution is 6.29. The minimum atomic E-state index is -1.44. The number of hydrogen-bond donors (Lipinski definition) is 4. The topological polar surface area (TPSA) is 107 Å². The zero-order valence-corrected chi connectivity index (χ0v) is 17.7. The molecule has 3 rings (SSSR count). The average molecular weight is 404 g/mol. The van der Waals surface area contributed by atoms with Crippen LogP contribution in [0.5, 0.6) is 0 Å². The minimum Gasteiger partial charge on any atom is -0.511 e. The molecule has 1 amide bonds. The van der Waals surface area contributed by atoms with Crippen LogP contribution in [-0.4, -0.2) is 45.3 Å². The molecule has 1 heterocycles. The largest absolute Gasteiger partial charge is 0.511 e. The van der Waals surface area contributed by atoms with Gasteiger partial charge in [0.15, 0.2) is 5.78 Å². The summed E-state index contributed by atoms with van der Waals surface area (Å²) in [7, 11) is 0. The molecule has 7 atom stereocenters. The number of carbonyl (C=O) groups is 2. The van der Waals surface area contributed by atoms with E-state index in [1.54, 1.807) is 0 Å². The Kier molecular flexibility index (Phi) is 5.80. The summed E-state index contributed by atoms with van der Waals surface area (Å²) in [5, 5.41) is 33.7. The summed E-state index contributed by atoms with van der Waals surface area (Å²) in [6.07, 6.45) is 9.50. The van der Waals surface area contributed by atoms with Crippen LogP contribution in [0, 0.1) is 29.1 Å². The first kappa shape index (κ1) is 21.8. The number of allylic oxidation sites excluding steroid dienone is 5. The monoisotopic (exact) mass is 403 g/mol. The molecule has 6 heteroatoms. The third kappa shape index (κ3) is 3.26. The summed E-state index contributed by atoms with van der Waals surface area (Å²) >= 11 is 0. The third-order valence-electron chi connectivity index (χ3n) is 7.58. The lowest BCUT2D eigenvalue weighted by atomic mass is 9.54. The van der Waals surface area contributed by atoms with E-state index in [1.807, 2.05) is 32.1 Å². The molecule has 1 aliphatic heterocycles. The molecule has 0 unspecified atom stereocenters. The van der Waals surface area contributed by atoms with Crippen LogP contribution in [0.4, 0.5) is 0 Å². The normalized spacial score (nSPS) is 42.7. The third-order valence-corrected chi connectivity index (χ3v) is 7.58. The highest BCUT2D eigenvalue weighted by atomic mass is 16.3. The standard InChI is InChI=1S/C23H33NO5/c1-5-6-16-9-8-15-11-14(12-25)7-10-17(15)22(16,3)19(27)18-20(28)23(4,13(2)26)24-21(18)29/h5-6,8-9,13-17,25-27H,7,10-12H2,1-4H3,(H,24,29)/t13-,14-,15-,16-,17-,22-,23+/m1/s1. The molecule has 0 aromatic rings. The fraction of sp³-hybridized carbons (Fsp3) is 0.652. The van der Waals surface area contributed by atoms with E-state index in [1.165, 1.54) is 13.8 Å². The lowest BCUT2D eigenvalue weighted by molar-refractivity contribution is -0.123. The second-order valence-electron chi connectivity index (χ2n) is 9.24. The van der Waals surface area contributed by atoms with E-state index >= 15 is 0 Å². The van der Waals surface area contributed by atoms with Crippen molar-refractivity contribution in [2.45, 2.75) is 58.6 Å². The Balaban J connectivity index is 2.12. The van der Waals surface area contributed by atoms with Crippen molar-refractivity contribution < 1.29 is 24.9 Å². The minimum absolute atomic E-state index is 0.0445. The van der Waals surface area contributed by atoms with Gasteiger partial charge in [-0.05, 0) is 57.8 Å². The predicted octanol–water partition coefficient (Wildman–Crippen LogP) is 2.43. The lowest BCUT2D eigenvalue weighted by Gasteiger charge is -2.50. The van der Waals surface area contributed by atoms with Crippen molar-refractivity contribution >= 4 is 11.7 Å². The van der Waals surface area contributed by atoms with Gasteiger partial charge >= 0.3 is 0 Å². The number of ketones is 1. The number of amides is 1. The summed E-state index contributed by atoms with van der Waals surface area (Å²) in [5.41, 5.74) is -2.49. The number of rotatable bonds is 4. The highest BCUT2D eigenvalue weighted by Crippen LogP contribution is 2.56. The van der Waals surface area contributed by atoms with Gasteiger partial charge in [-0.3, -0.25) is 9.59 Å². The van der Waals surface area contributed by atoms with Gasteiger partial charge in [0.1, 0.15) is 16.9 Å². The maximum absolute atomic E-state index is 13.1. The van der Waals surface area contributed by atoms with E-state index in [0.29, 0.717) is 0 Å². The first-order chi connectivity index (χ1) is 13.6. The Labute approximate surface area is 172 Å². The van der Waals surface area contributed by atoms with Crippen molar-refractivity contribution in [3.63, 3.8) is 0 Å². The Hall–Kier alpha value is -1.92. The number of Topliss-reactive ketones (excluding diaryl/α,β-unsaturated/α-hetero) is 1. The summed E-state index contributed by atoms with van der Waals surface area (Å²) in [5.74, 6) is -1.11. The molecule has 0 aromatic carbocycles. The summed E-state index contributed by atoms with van der Waals surface area (Å²) in [4.78, 5) is 25.8. The Morgan fingerprint density at radius 3 is 2.55 bits per heavy atom. The van der Waals surface area contributed by atoms with Gasteiger partial charge in [0.25, 0.3) is 5.91 Å². The Morgan fingerprint density at radius 1 is 1.31 bits per heavy atom. The van der Waals surface area contributed by atoms with Crippen molar-refractivity contribution in [1.29, 1.82) is 0 Å². The van der Waals surface area contributed by atoms with Gasteiger partial charge in [-0.25, -0.2) is 0 Å². The van der Waals surface area contributed by atoms with Crippen molar-refractivity contribution in [3.8, 4) is 0 Å². The Morgan fingerprint density at radius 2 is 2.00 bits per heavy atom. The van der Waals surface area contributed by atoms with E-state index in [4.69, 9.17) is 0 Å². The van der Waals surface area contributed by atoms with Gasteiger partial charge in [-0.2, -0.15) is 0 Å². The van der Waals surface area contributed by atoms with Crippen LogP contribution < -0.4 is 5.32 Å². The molecule has 0 spiro atoms. The van der Waals surface area contributed by atoms with E-state index in [0.717, 1.165) is 19.3 Å². The van der Waals surface area contributed by atoms with Crippen LogP contribution in [0.3, 0.4) is 0 Å². The predicted molar refractivity (Wildman–Crippen MR) is 110 cm³/mol. The molecule has 1 saturated carbocycles. The van der Waals surface area contributed by atoms with Crippen LogP contribution in [0.2, 0.25) is 0 Å². The quantitative estimate of drug-likeness (QED) is 0.250. The van der Waals surface area contributed by atoms with Gasteiger partial charge in [0.2, 0.25) is 0 Å². The van der Waals surface area contributed by atoms with Crippen molar-refractivity contribution in [1.82, 2.24) is 5.32 Å². The van der Waals surface area contributed by atoms with E-state index < -0.39 is 28.7 Å². The van der Waals surface area contributed by atoms with Crippen LogP contribution in [0.1, 0.15) is 47.0 Å². The van der Waals surface area contributed by atoms with Crippen LogP contribution in [-0.2, 0) is 9.59 Å². The zero-order chi connectivity index (χ0) is 21.6. The molecule has 160 valence electrons. The zero-order valence-electron chi connectivity index (χ0n) is 17.7. The van der Waals surface area contributed by atoms with Gasteiger partial charge in [-0.15, -0.1) is 0 Å². The first-order valence-corrected chi connectivity index (χ1v) is 10.5.